The van der Waals surface area contributed by atoms with Crippen LogP contribution in [-0.2, 0) is 5.54 Å². The van der Waals surface area contributed by atoms with E-state index in [9.17, 15) is 4.39 Å². The van der Waals surface area contributed by atoms with Gasteiger partial charge in [-0.2, -0.15) is 0 Å². The SMILES string of the molecule is CCC(C)(C)n1nnnc1C(c1ccccc1F)N1CCN(c2ccc(OC)cc2)CC1.Cl. The minimum atomic E-state index is -0.352. The third kappa shape index (κ3) is 5.12. The van der Waals surface area contributed by atoms with Gasteiger partial charge >= 0.3 is 0 Å². The minimum absolute atomic E-state index is 0. The van der Waals surface area contributed by atoms with Crippen LogP contribution >= 0.6 is 12.4 Å². The molecule has 1 fully saturated rings. The first kappa shape index (κ1) is 24.9. The summed E-state index contributed by atoms with van der Waals surface area (Å²) in [6, 6.07) is 14.7. The highest BCUT2D eigenvalue weighted by Crippen LogP contribution is 2.33. The summed E-state index contributed by atoms with van der Waals surface area (Å²) in [5.41, 5.74) is 1.49. The first-order valence-corrected chi connectivity index (χ1v) is 11.1. The van der Waals surface area contributed by atoms with Crippen molar-refractivity contribution in [1.82, 2.24) is 25.1 Å². The molecule has 33 heavy (non-hydrogen) atoms. The average Bonchev–Trinajstić information content (AvgIpc) is 3.31. The summed E-state index contributed by atoms with van der Waals surface area (Å²) in [6.07, 6.45) is 0.861. The Hall–Kier alpha value is -2.71. The molecular formula is C24H32ClFN6O. The number of anilines is 1. The van der Waals surface area contributed by atoms with Crippen molar-refractivity contribution in [2.45, 2.75) is 38.8 Å². The highest BCUT2D eigenvalue weighted by Gasteiger charge is 2.35. The summed E-state index contributed by atoms with van der Waals surface area (Å²) >= 11 is 0. The molecule has 1 atom stereocenters. The highest BCUT2D eigenvalue weighted by atomic mass is 35.5. The van der Waals surface area contributed by atoms with Gasteiger partial charge in [0.05, 0.1) is 12.6 Å². The first-order chi connectivity index (χ1) is 15.4. The van der Waals surface area contributed by atoms with E-state index in [0.29, 0.717) is 11.4 Å². The topological polar surface area (TPSA) is 59.3 Å². The van der Waals surface area contributed by atoms with Gasteiger partial charge in [-0.25, -0.2) is 9.07 Å². The molecule has 0 amide bonds. The number of halogens is 2. The van der Waals surface area contributed by atoms with Crippen LogP contribution in [0.25, 0.3) is 0 Å². The van der Waals surface area contributed by atoms with Gasteiger partial charge in [0.15, 0.2) is 5.82 Å². The van der Waals surface area contributed by atoms with Crippen LogP contribution in [0.15, 0.2) is 48.5 Å². The first-order valence-electron chi connectivity index (χ1n) is 11.1. The van der Waals surface area contributed by atoms with Gasteiger partial charge in [0.1, 0.15) is 17.6 Å². The standard InChI is InChI=1S/C24H31FN6O.ClH/c1-5-24(2,3)31-23(26-27-28-31)22(20-8-6-7-9-21(20)25)30-16-14-29(15-17-30)18-10-12-19(32-4)13-11-18;/h6-13,22H,5,14-17H2,1-4H3;1H. The number of piperazine rings is 1. The molecule has 0 N–H and O–H groups in total. The zero-order chi connectivity index (χ0) is 22.7. The van der Waals surface area contributed by atoms with E-state index in [1.807, 2.05) is 28.9 Å². The fourth-order valence-corrected chi connectivity index (χ4v) is 4.17. The lowest BCUT2D eigenvalue weighted by molar-refractivity contribution is 0.184. The highest BCUT2D eigenvalue weighted by molar-refractivity contribution is 5.85. The Morgan fingerprint density at radius 1 is 1.03 bits per heavy atom. The molecule has 0 bridgehead atoms. The number of nitrogens with zero attached hydrogens (tertiary/aromatic N) is 6. The van der Waals surface area contributed by atoms with E-state index < -0.39 is 0 Å². The number of tetrazole rings is 1. The molecule has 0 radical (unpaired) electrons. The van der Waals surface area contributed by atoms with Gasteiger partial charge in [-0.05, 0) is 61.0 Å². The van der Waals surface area contributed by atoms with Gasteiger partial charge in [0.2, 0.25) is 0 Å². The molecule has 1 unspecified atom stereocenters. The molecule has 9 heteroatoms. The normalized spacial score (nSPS) is 15.7. The molecule has 7 nitrogen and oxygen atoms in total. The largest absolute Gasteiger partial charge is 0.497 e. The molecule has 3 aromatic rings. The molecule has 4 rings (SSSR count). The lowest BCUT2D eigenvalue weighted by Gasteiger charge is -2.40. The van der Waals surface area contributed by atoms with Gasteiger partial charge in [-0.3, -0.25) is 4.90 Å². The van der Waals surface area contributed by atoms with E-state index in [-0.39, 0.29) is 29.8 Å². The van der Waals surface area contributed by atoms with Crippen molar-refractivity contribution in [3.63, 3.8) is 0 Å². The summed E-state index contributed by atoms with van der Waals surface area (Å²) < 4.78 is 22.1. The Balaban J connectivity index is 0.00000306. The predicted molar refractivity (Wildman–Crippen MR) is 130 cm³/mol. The fraction of sp³-hybridized carbons (Fsp3) is 0.458. The number of aromatic nitrogens is 4. The van der Waals surface area contributed by atoms with E-state index >= 15 is 0 Å². The van der Waals surface area contributed by atoms with E-state index in [4.69, 9.17) is 4.74 Å². The van der Waals surface area contributed by atoms with Crippen molar-refractivity contribution in [3.05, 3.63) is 65.7 Å². The van der Waals surface area contributed by atoms with Crippen molar-refractivity contribution in [2.24, 2.45) is 0 Å². The molecule has 1 aliphatic rings. The molecular weight excluding hydrogens is 443 g/mol. The Labute approximate surface area is 200 Å². The van der Waals surface area contributed by atoms with Crippen LogP contribution in [0, 0.1) is 5.82 Å². The number of benzene rings is 2. The molecule has 0 saturated carbocycles. The Morgan fingerprint density at radius 3 is 2.30 bits per heavy atom. The number of rotatable bonds is 7. The van der Waals surface area contributed by atoms with Crippen molar-refractivity contribution in [3.8, 4) is 5.75 Å². The zero-order valence-electron chi connectivity index (χ0n) is 19.6. The molecule has 1 saturated heterocycles. The number of ether oxygens (including phenoxy) is 1. The van der Waals surface area contributed by atoms with Gasteiger partial charge in [-0.1, -0.05) is 25.1 Å². The molecule has 0 aliphatic carbocycles. The van der Waals surface area contributed by atoms with Crippen LogP contribution in [0.3, 0.4) is 0 Å². The van der Waals surface area contributed by atoms with E-state index in [2.05, 4.69) is 58.2 Å². The Kier molecular flexibility index (Phi) is 7.92. The number of hydrogen-bond acceptors (Lipinski definition) is 6. The summed E-state index contributed by atoms with van der Waals surface area (Å²) in [6.45, 7) is 9.51. The van der Waals surface area contributed by atoms with Crippen molar-refractivity contribution < 1.29 is 9.13 Å². The second kappa shape index (κ2) is 10.5. The van der Waals surface area contributed by atoms with Crippen molar-refractivity contribution >= 4 is 18.1 Å². The maximum absolute atomic E-state index is 15.0. The molecule has 2 heterocycles. The Morgan fingerprint density at radius 2 is 1.70 bits per heavy atom. The van der Waals surface area contributed by atoms with E-state index in [1.165, 1.54) is 6.07 Å². The van der Waals surface area contributed by atoms with Crippen LogP contribution in [0.1, 0.15) is 44.6 Å². The lowest BCUT2D eigenvalue weighted by Crippen LogP contribution is -2.49. The van der Waals surface area contributed by atoms with Crippen LogP contribution in [0.2, 0.25) is 0 Å². The van der Waals surface area contributed by atoms with Crippen molar-refractivity contribution in [1.29, 1.82) is 0 Å². The Bertz CT molecular complexity index is 1030. The molecule has 1 aliphatic heterocycles. The molecule has 1 aromatic heterocycles. The average molecular weight is 475 g/mol. The maximum atomic E-state index is 15.0. The summed E-state index contributed by atoms with van der Waals surface area (Å²) in [5.74, 6) is 1.29. The molecule has 0 spiro atoms. The third-order valence-electron chi connectivity index (χ3n) is 6.49. The second-order valence-corrected chi connectivity index (χ2v) is 8.76. The quantitative estimate of drug-likeness (QED) is 0.509. The van der Waals surface area contributed by atoms with E-state index in [1.54, 1.807) is 13.2 Å². The van der Waals surface area contributed by atoms with Gasteiger partial charge in [0.25, 0.3) is 0 Å². The monoisotopic (exact) mass is 474 g/mol. The summed E-state index contributed by atoms with van der Waals surface area (Å²) in [7, 11) is 1.67. The van der Waals surface area contributed by atoms with Crippen LogP contribution in [0.5, 0.6) is 5.75 Å². The summed E-state index contributed by atoms with van der Waals surface area (Å²) in [5, 5.41) is 12.7. The van der Waals surface area contributed by atoms with Gasteiger partial charge in [0, 0.05) is 37.4 Å². The molecule has 178 valence electrons. The minimum Gasteiger partial charge on any atom is -0.497 e. The van der Waals surface area contributed by atoms with Crippen molar-refractivity contribution in [2.75, 3.05) is 38.2 Å². The molecule has 2 aromatic carbocycles. The number of hydrogen-bond donors (Lipinski definition) is 0. The van der Waals surface area contributed by atoms with Crippen LogP contribution in [-0.4, -0.2) is 58.4 Å². The fourth-order valence-electron chi connectivity index (χ4n) is 4.17. The third-order valence-corrected chi connectivity index (χ3v) is 6.49. The predicted octanol–water partition coefficient (Wildman–Crippen LogP) is 4.30. The van der Waals surface area contributed by atoms with Gasteiger partial charge in [-0.15, -0.1) is 17.5 Å². The van der Waals surface area contributed by atoms with Crippen LogP contribution in [0.4, 0.5) is 10.1 Å². The zero-order valence-corrected chi connectivity index (χ0v) is 20.4. The maximum Gasteiger partial charge on any atom is 0.173 e. The second-order valence-electron chi connectivity index (χ2n) is 8.76. The summed E-state index contributed by atoms with van der Waals surface area (Å²) in [4.78, 5) is 4.62. The number of methoxy groups -OCH3 is 1. The smallest absolute Gasteiger partial charge is 0.173 e. The lowest BCUT2D eigenvalue weighted by atomic mass is 9.98. The van der Waals surface area contributed by atoms with Gasteiger partial charge < -0.3 is 9.64 Å². The van der Waals surface area contributed by atoms with E-state index in [0.717, 1.165) is 44.0 Å². The van der Waals surface area contributed by atoms with Crippen LogP contribution < -0.4 is 9.64 Å².